The summed E-state index contributed by atoms with van der Waals surface area (Å²) in [5, 5.41) is 0.611. The van der Waals surface area contributed by atoms with Gasteiger partial charge in [-0.3, -0.25) is 4.79 Å². The van der Waals surface area contributed by atoms with Crippen molar-refractivity contribution in [2.75, 3.05) is 0 Å². The van der Waals surface area contributed by atoms with Crippen LogP contribution in [-0.2, 0) is 4.79 Å². The minimum Gasteiger partial charge on any atom is -0.295 e. The fraction of sp³-hybridized carbons (Fsp3) is 0.250. The number of halogens is 2. The first-order valence-electron chi connectivity index (χ1n) is 4.83. The van der Waals surface area contributed by atoms with Crippen molar-refractivity contribution < 1.29 is 9.18 Å². The Kier molecular flexibility index (Phi) is 2.87. The lowest BCUT2D eigenvalue weighted by molar-refractivity contribution is -0.106. The van der Waals surface area contributed by atoms with E-state index in [9.17, 15) is 9.18 Å². The van der Waals surface area contributed by atoms with E-state index in [-0.39, 0.29) is 12.2 Å². The molecule has 0 unspecified atom stereocenters. The fourth-order valence-electron chi connectivity index (χ4n) is 1.63. The number of hydrogen-bond acceptors (Lipinski definition) is 1. The summed E-state index contributed by atoms with van der Waals surface area (Å²) < 4.78 is 13.4. The molecule has 1 aromatic carbocycles. The Labute approximate surface area is 92.6 Å². The van der Waals surface area contributed by atoms with Crippen LogP contribution in [0, 0.1) is 5.92 Å². The van der Waals surface area contributed by atoms with Crippen LogP contribution < -0.4 is 0 Å². The zero-order valence-corrected chi connectivity index (χ0v) is 8.80. The highest BCUT2D eigenvalue weighted by molar-refractivity contribution is 6.30. The first-order chi connectivity index (χ1) is 7.22. The van der Waals surface area contributed by atoms with E-state index in [0.717, 1.165) is 18.4 Å². The van der Waals surface area contributed by atoms with Gasteiger partial charge < -0.3 is 0 Å². The molecular formula is C12H10ClFO. The Balaban J connectivity index is 2.41. The van der Waals surface area contributed by atoms with Crippen molar-refractivity contribution >= 4 is 23.5 Å². The van der Waals surface area contributed by atoms with Crippen LogP contribution in [0.15, 0.2) is 30.1 Å². The molecule has 2 rings (SSSR count). The molecule has 0 spiro atoms. The summed E-state index contributed by atoms with van der Waals surface area (Å²) in [7, 11) is 0. The second-order valence-electron chi connectivity index (χ2n) is 3.66. The van der Waals surface area contributed by atoms with Gasteiger partial charge >= 0.3 is 0 Å². The van der Waals surface area contributed by atoms with Crippen molar-refractivity contribution in [2.24, 2.45) is 5.92 Å². The third-order valence-electron chi connectivity index (χ3n) is 2.50. The van der Waals surface area contributed by atoms with Crippen LogP contribution in [-0.4, -0.2) is 6.29 Å². The first kappa shape index (κ1) is 10.4. The molecule has 0 heterocycles. The molecule has 0 N–H and O–H groups in total. The van der Waals surface area contributed by atoms with Crippen LogP contribution in [0.4, 0.5) is 4.39 Å². The standard InChI is InChI=1S/C12H10ClFO/c13-10-5-3-9(4-6-10)12(8-1-2-8)11(14)7-15/h3-8H,1-2H2. The van der Waals surface area contributed by atoms with E-state index < -0.39 is 5.83 Å². The molecule has 0 saturated heterocycles. The van der Waals surface area contributed by atoms with Gasteiger partial charge in [0.15, 0.2) is 12.1 Å². The summed E-state index contributed by atoms with van der Waals surface area (Å²) in [4.78, 5) is 10.5. The lowest BCUT2D eigenvalue weighted by Gasteiger charge is -2.05. The Hall–Kier alpha value is -1.15. The average molecular weight is 225 g/mol. The van der Waals surface area contributed by atoms with Gasteiger partial charge in [-0.15, -0.1) is 0 Å². The highest BCUT2D eigenvalue weighted by Gasteiger charge is 2.29. The van der Waals surface area contributed by atoms with E-state index in [4.69, 9.17) is 11.6 Å². The predicted molar refractivity (Wildman–Crippen MR) is 58.3 cm³/mol. The zero-order chi connectivity index (χ0) is 10.8. The molecule has 0 radical (unpaired) electrons. The molecule has 1 aromatic rings. The topological polar surface area (TPSA) is 17.1 Å². The minimum absolute atomic E-state index is 0.205. The molecule has 0 aromatic heterocycles. The largest absolute Gasteiger partial charge is 0.295 e. The van der Waals surface area contributed by atoms with Crippen molar-refractivity contribution in [1.82, 2.24) is 0 Å². The van der Waals surface area contributed by atoms with Crippen molar-refractivity contribution in [1.29, 1.82) is 0 Å². The molecule has 0 bridgehead atoms. The molecule has 0 amide bonds. The molecule has 1 saturated carbocycles. The molecule has 0 atom stereocenters. The maximum atomic E-state index is 13.4. The number of allylic oxidation sites excluding steroid dienone is 2. The summed E-state index contributed by atoms with van der Waals surface area (Å²) in [6.45, 7) is 0. The van der Waals surface area contributed by atoms with Gasteiger partial charge in [0, 0.05) is 10.6 Å². The number of carbonyl (C=O) groups is 1. The van der Waals surface area contributed by atoms with E-state index >= 15 is 0 Å². The maximum absolute atomic E-state index is 13.4. The fourth-order valence-corrected chi connectivity index (χ4v) is 1.76. The summed E-state index contributed by atoms with van der Waals surface area (Å²) in [6.07, 6.45) is 2.20. The number of hydrogen-bond donors (Lipinski definition) is 0. The Morgan fingerprint density at radius 1 is 1.33 bits per heavy atom. The number of carbonyl (C=O) groups excluding carboxylic acids is 1. The Morgan fingerprint density at radius 2 is 1.93 bits per heavy atom. The average Bonchev–Trinajstić information content (AvgIpc) is 3.05. The Bertz CT molecular complexity index is 404. The normalized spacial score (nSPS) is 17.2. The molecule has 3 heteroatoms. The molecular weight excluding hydrogens is 215 g/mol. The van der Waals surface area contributed by atoms with Gasteiger partial charge in [0.25, 0.3) is 0 Å². The van der Waals surface area contributed by atoms with Crippen LogP contribution in [0.5, 0.6) is 0 Å². The van der Waals surface area contributed by atoms with Crippen molar-refractivity contribution in [3.8, 4) is 0 Å². The van der Waals surface area contributed by atoms with Gasteiger partial charge in [-0.1, -0.05) is 23.7 Å². The van der Waals surface area contributed by atoms with Gasteiger partial charge in [-0.05, 0) is 36.5 Å². The SMILES string of the molecule is O=CC(F)=C(c1ccc(Cl)cc1)C1CC1. The highest BCUT2D eigenvalue weighted by atomic mass is 35.5. The minimum atomic E-state index is -0.653. The quantitative estimate of drug-likeness (QED) is 0.566. The van der Waals surface area contributed by atoms with Crippen molar-refractivity contribution in [2.45, 2.75) is 12.8 Å². The highest BCUT2D eigenvalue weighted by Crippen LogP contribution is 2.43. The van der Waals surface area contributed by atoms with Crippen LogP contribution in [0.1, 0.15) is 18.4 Å². The molecule has 1 fully saturated rings. The smallest absolute Gasteiger partial charge is 0.178 e. The molecule has 1 aliphatic rings. The Morgan fingerprint density at radius 3 is 2.40 bits per heavy atom. The monoisotopic (exact) mass is 224 g/mol. The molecule has 1 aliphatic carbocycles. The van der Waals surface area contributed by atoms with Gasteiger partial charge in [0.2, 0.25) is 0 Å². The molecule has 1 nitrogen and oxygen atoms in total. The predicted octanol–water partition coefficient (Wildman–Crippen LogP) is 3.63. The van der Waals surface area contributed by atoms with E-state index in [1.807, 2.05) is 0 Å². The third-order valence-corrected chi connectivity index (χ3v) is 2.75. The van der Waals surface area contributed by atoms with Gasteiger partial charge in [0.1, 0.15) is 0 Å². The van der Waals surface area contributed by atoms with Gasteiger partial charge in [-0.25, -0.2) is 4.39 Å². The van der Waals surface area contributed by atoms with Gasteiger partial charge in [-0.2, -0.15) is 0 Å². The van der Waals surface area contributed by atoms with E-state index in [1.54, 1.807) is 24.3 Å². The van der Waals surface area contributed by atoms with Crippen LogP contribution in [0.2, 0.25) is 5.02 Å². The van der Waals surface area contributed by atoms with Crippen molar-refractivity contribution in [3.63, 3.8) is 0 Å². The van der Waals surface area contributed by atoms with Crippen molar-refractivity contribution in [3.05, 3.63) is 40.7 Å². The summed E-state index contributed by atoms with van der Waals surface area (Å²) in [5.74, 6) is -0.448. The van der Waals surface area contributed by atoms with E-state index in [2.05, 4.69) is 0 Å². The zero-order valence-electron chi connectivity index (χ0n) is 8.04. The first-order valence-corrected chi connectivity index (χ1v) is 5.21. The van der Waals surface area contributed by atoms with Crippen LogP contribution in [0.25, 0.3) is 5.57 Å². The number of aldehydes is 1. The third kappa shape index (κ3) is 2.26. The lowest BCUT2D eigenvalue weighted by Crippen LogP contribution is -1.91. The lowest BCUT2D eigenvalue weighted by atomic mass is 10.0. The summed E-state index contributed by atoms with van der Waals surface area (Å²) >= 11 is 5.75. The van der Waals surface area contributed by atoms with Crippen LogP contribution >= 0.6 is 11.6 Å². The summed E-state index contributed by atoms with van der Waals surface area (Å²) in [6, 6.07) is 6.91. The number of benzene rings is 1. The van der Waals surface area contributed by atoms with Gasteiger partial charge in [0.05, 0.1) is 0 Å². The maximum Gasteiger partial charge on any atom is 0.178 e. The molecule has 78 valence electrons. The second-order valence-corrected chi connectivity index (χ2v) is 4.10. The van der Waals surface area contributed by atoms with E-state index in [0.29, 0.717) is 10.6 Å². The van der Waals surface area contributed by atoms with Crippen LogP contribution in [0.3, 0.4) is 0 Å². The molecule has 15 heavy (non-hydrogen) atoms. The van der Waals surface area contributed by atoms with E-state index in [1.165, 1.54) is 0 Å². The second kappa shape index (κ2) is 4.15. The summed E-state index contributed by atoms with van der Waals surface area (Å²) in [5.41, 5.74) is 1.29. The number of rotatable bonds is 3. The molecule has 0 aliphatic heterocycles.